The summed E-state index contributed by atoms with van der Waals surface area (Å²) in [5.41, 5.74) is 3.50. The summed E-state index contributed by atoms with van der Waals surface area (Å²) in [6.07, 6.45) is 11.3. The molecule has 1 fully saturated rings. The Morgan fingerprint density at radius 3 is 2.78 bits per heavy atom. The number of benzene rings is 2. The zero-order valence-corrected chi connectivity index (χ0v) is 28.7. The Labute approximate surface area is 278 Å². The van der Waals surface area contributed by atoms with Gasteiger partial charge in [-0.3, -0.25) is 14.3 Å². The molecule has 1 spiro atoms. The highest BCUT2D eigenvalue weighted by molar-refractivity contribution is 7.93. The molecular formula is C36H46ClN3O5S. The quantitative estimate of drug-likeness (QED) is 0.352. The first-order chi connectivity index (χ1) is 22.2. The first kappa shape index (κ1) is 33.0. The van der Waals surface area contributed by atoms with Gasteiger partial charge in [0.25, 0.3) is 5.91 Å². The van der Waals surface area contributed by atoms with Crippen molar-refractivity contribution >= 4 is 39.0 Å². The van der Waals surface area contributed by atoms with Gasteiger partial charge < -0.3 is 14.4 Å². The van der Waals surface area contributed by atoms with E-state index < -0.39 is 21.1 Å². The Bertz CT molecular complexity index is 1640. The van der Waals surface area contributed by atoms with E-state index in [0.717, 1.165) is 61.7 Å². The van der Waals surface area contributed by atoms with Gasteiger partial charge in [-0.25, -0.2) is 4.21 Å². The van der Waals surface area contributed by atoms with E-state index in [1.807, 2.05) is 25.1 Å². The predicted molar refractivity (Wildman–Crippen MR) is 183 cm³/mol. The lowest BCUT2D eigenvalue weighted by Crippen LogP contribution is -2.49. The summed E-state index contributed by atoms with van der Waals surface area (Å²) in [5, 5.41) is 0.265. The maximum absolute atomic E-state index is 14.4. The summed E-state index contributed by atoms with van der Waals surface area (Å²) in [6.45, 7) is 5.68. The van der Waals surface area contributed by atoms with Crippen LogP contribution in [0.2, 0.25) is 5.02 Å². The lowest BCUT2D eigenvalue weighted by molar-refractivity contribution is -0.119. The van der Waals surface area contributed by atoms with Gasteiger partial charge in [-0.05, 0) is 105 Å². The number of carbonyl (C=O) groups excluding carboxylic acids is 2. The van der Waals surface area contributed by atoms with Crippen molar-refractivity contribution in [3.8, 4) is 5.75 Å². The highest BCUT2D eigenvalue weighted by Crippen LogP contribution is 2.47. The number of nitrogens with one attached hydrogen (secondary N) is 1. The number of allylic oxidation sites excluding steroid dienone is 1. The Hall–Kier alpha value is -2.88. The maximum Gasteiger partial charge on any atom is 0.286 e. The van der Waals surface area contributed by atoms with Crippen LogP contribution >= 0.6 is 11.6 Å². The fourth-order valence-corrected chi connectivity index (χ4v) is 10.2. The standard InChI is InChI=1S/C36H46ClN3O5S/c1-4-28-10-6-7-11-32(44-3)29-15-12-26(29)21-40-22-36(18-8-9-24-19-27(37)14-16-30(24)36)23-45-33-17-13-25(20-31(33)40)35(42)39-46(28,43)38-34(41)5-2/h7,11,13-14,16-17,19-20,26,28-29,32H,4-6,8-10,12,15,18,21-23H2,1-3H3,(H,38,39,41,42,43)/b11-7+/t26-,28+,29+,32-,36-,46?/m0/s1. The van der Waals surface area contributed by atoms with Crippen molar-refractivity contribution in [1.82, 2.24) is 4.72 Å². The monoisotopic (exact) mass is 667 g/mol. The van der Waals surface area contributed by atoms with Crippen LogP contribution in [-0.4, -0.2) is 54.2 Å². The molecule has 1 saturated carbocycles. The molecule has 6 rings (SSSR count). The highest BCUT2D eigenvalue weighted by Gasteiger charge is 2.44. The van der Waals surface area contributed by atoms with Crippen molar-refractivity contribution in [2.45, 2.75) is 88.4 Å². The molecule has 0 aromatic heterocycles. The van der Waals surface area contributed by atoms with Gasteiger partial charge in [-0.2, -0.15) is 0 Å². The first-order valence-corrected chi connectivity index (χ1v) is 18.7. The van der Waals surface area contributed by atoms with Gasteiger partial charge in [0.2, 0.25) is 5.91 Å². The summed E-state index contributed by atoms with van der Waals surface area (Å²) in [4.78, 5) is 28.8. The van der Waals surface area contributed by atoms with Crippen molar-refractivity contribution in [2.24, 2.45) is 16.2 Å². The first-order valence-electron chi connectivity index (χ1n) is 16.8. The number of amides is 2. The van der Waals surface area contributed by atoms with E-state index in [-0.39, 0.29) is 23.8 Å². The normalized spacial score (nSPS) is 31.7. The molecule has 2 bridgehead atoms. The van der Waals surface area contributed by atoms with E-state index in [2.05, 4.69) is 38.3 Å². The van der Waals surface area contributed by atoms with Gasteiger partial charge in [-0.15, -0.1) is 4.36 Å². The van der Waals surface area contributed by atoms with Crippen molar-refractivity contribution < 1.29 is 23.3 Å². The molecule has 1 unspecified atom stereocenters. The van der Waals surface area contributed by atoms with Gasteiger partial charge in [0.05, 0.1) is 23.6 Å². The van der Waals surface area contributed by atoms with Crippen LogP contribution in [0.1, 0.15) is 86.7 Å². The zero-order chi connectivity index (χ0) is 32.5. The second-order valence-electron chi connectivity index (χ2n) is 13.4. The third-order valence-electron chi connectivity index (χ3n) is 10.6. The van der Waals surface area contributed by atoms with Crippen LogP contribution in [0.5, 0.6) is 5.75 Å². The smallest absolute Gasteiger partial charge is 0.286 e. The highest BCUT2D eigenvalue weighted by atomic mass is 35.5. The minimum absolute atomic E-state index is 0.0253. The van der Waals surface area contributed by atoms with Crippen molar-refractivity contribution in [3.05, 3.63) is 70.3 Å². The summed E-state index contributed by atoms with van der Waals surface area (Å²) in [5.74, 6) is 0.518. The predicted octanol–water partition coefficient (Wildman–Crippen LogP) is 7.03. The van der Waals surface area contributed by atoms with Gasteiger partial charge in [0.1, 0.15) is 15.7 Å². The fourth-order valence-electron chi connectivity index (χ4n) is 7.87. The summed E-state index contributed by atoms with van der Waals surface area (Å²) >= 11 is 6.44. The van der Waals surface area contributed by atoms with Crippen molar-refractivity contribution in [2.75, 3.05) is 31.7 Å². The Balaban J connectivity index is 1.46. The summed E-state index contributed by atoms with van der Waals surface area (Å²) in [6, 6.07) is 11.6. The Morgan fingerprint density at radius 2 is 2.04 bits per heavy atom. The van der Waals surface area contributed by atoms with E-state index in [9.17, 15) is 13.8 Å². The van der Waals surface area contributed by atoms with Crippen LogP contribution in [0.4, 0.5) is 5.69 Å². The number of anilines is 1. The van der Waals surface area contributed by atoms with E-state index in [1.165, 1.54) is 11.1 Å². The molecule has 4 aliphatic rings. The second kappa shape index (κ2) is 13.7. The number of hydrogen-bond acceptors (Lipinski definition) is 6. The molecule has 2 aliphatic heterocycles. The molecular weight excluding hydrogens is 622 g/mol. The zero-order valence-electron chi connectivity index (χ0n) is 27.1. The van der Waals surface area contributed by atoms with E-state index >= 15 is 0 Å². The minimum atomic E-state index is -3.39. The Kier molecular flexibility index (Phi) is 9.83. The Morgan fingerprint density at radius 1 is 1.20 bits per heavy atom. The molecule has 1 N–H and O–H groups in total. The second-order valence-corrected chi connectivity index (χ2v) is 16.0. The summed E-state index contributed by atoms with van der Waals surface area (Å²) in [7, 11) is -1.62. The van der Waals surface area contributed by atoms with Gasteiger partial charge in [0.15, 0.2) is 0 Å². The molecule has 2 amide bonds. The molecule has 2 heterocycles. The third kappa shape index (κ3) is 6.47. The van der Waals surface area contributed by atoms with Crippen LogP contribution < -0.4 is 14.4 Å². The molecule has 2 aliphatic carbocycles. The van der Waals surface area contributed by atoms with Crippen LogP contribution in [0.3, 0.4) is 0 Å². The SMILES string of the molecule is CCC(=O)NS1(=O)=NC(=O)c2ccc3c(c2)N(C[C@@H]2CC[C@H]2[C@@H](OC)/C=C/CC[C@H]1CC)C[C@@]1(CCCc2cc(Cl)ccc21)CO3. The van der Waals surface area contributed by atoms with Gasteiger partial charge >= 0.3 is 0 Å². The molecule has 46 heavy (non-hydrogen) atoms. The largest absolute Gasteiger partial charge is 0.490 e. The summed E-state index contributed by atoms with van der Waals surface area (Å²) < 4.78 is 34.0. The van der Waals surface area contributed by atoms with Crippen molar-refractivity contribution in [3.63, 3.8) is 0 Å². The number of fused-ring (bicyclic) bond motifs is 4. The number of nitrogens with zero attached hydrogens (tertiary/aromatic N) is 2. The van der Waals surface area contributed by atoms with Crippen LogP contribution in [0, 0.1) is 11.8 Å². The molecule has 6 atom stereocenters. The van der Waals surface area contributed by atoms with Crippen LogP contribution in [0.15, 0.2) is 52.9 Å². The van der Waals surface area contributed by atoms with E-state index in [4.69, 9.17) is 21.1 Å². The number of carbonyl (C=O) groups is 2. The number of ether oxygens (including phenoxy) is 2. The third-order valence-corrected chi connectivity index (χ3v) is 13.3. The molecule has 0 saturated heterocycles. The van der Waals surface area contributed by atoms with Gasteiger partial charge in [-0.1, -0.05) is 43.7 Å². The average Bonchev–Trinajstić information content (AvgIpc) is 3.18. The van der Waals surface area contributed by atoms with E-state index in [1.54, 1.807) is 20.1 Å². The number of rotatable bonds is 4. The maximum atomic E-state index is 14.4. The number of methoxy groups -OCH3 is 1. The molecule has 2 aromatic carbocycles. The van der Waals surface area contributed by atoms with E-state index in [0.29, 0.717) is 43.3 Å². The van der Waals surface area contributed by atoms with Crippen LogP contribution in [-0.2, 0) is 31.3 Å². The lowest BCUT2D eigenvalue weighted by atomic mass is 9.68. The molecule has 8 nitrogen and oxygen atoms in total. The average molecular weight is 668 g/mol. The molecule has 248 valence electrons. The van der Waals surface area contributed by atoms with Crippen molar-refractivity contribution in [1.29, 1.82) is 0 Å². The molecule has 10 heteroatoms. The lowest BCUT2D eigenvalue weighted by Gasteiger charge is -2.46. The van der Waals surface area contributed by atoms with Gasteiger partial charge in [0, 0.05) is 42.6 Å². The minimum Gasteiger partial charge on any atom is -0.490 e. The number of hydrogen-bond donors (Lipinski definition) is 1. The van der Waals surface area contributed by atoms with Crippen LogP contribution in [0.25, 0.3) is 0 Å². The molecule has 2 aromatic rings. The molecule has 0 radical (unpaired) electrons. The number of aryl methyl sites for hydroxylation is 1. The number of halogens is 1. The topological polar surface area (TPSA) is 97.3 Å². The fraction of sp³-hybridized carbons (Fsp3) is 0.556.